The Morgan fingerprint density at radius 3 is 2.38 bits per heavy atom. The third kappa shape index (κ3) is 5.21. The van der Waals surface area contributed by atoms with Crippen molar-refractivity contribution in [1.29, 1.82) is 0 Å². The number of halogens is 1. The summed E-state index contributed by atoms with van der Waals surface area (Å²) in [5.74, 6) is -0.486. The molecule has 0 saturated carbocycles. The Bertz CT molecular complexity index is 684. The summed E-state index contributed by atoms with van der Waals surface area (Å²) in [5.41, 5.74) is 1.33. The molecule has 1 aliphatic rings. The van der Waals surface area contributed by atoms with Gasteiger partial charge < -0.3 is 15.5 Å². The van der Waals surface area contributed by atoms with Crippen LogP contribution >= 0.6 is 11.6 Å². The lowest BCUT2D eigenvalue weighted by molar-refractivity contribution is -0.136. The van der Waals surface area contributed by atoms with Gasteiger partial charge >= 0.3 is 0 Å². The van der Waals surface area contributed by atoms with Gasteiger partial charge in [-0.15, -0.1) is 0 Å². The van der Waals surface area contributed by atoms with Crippen molar-refractivity contribution in [3.05, 3.63) is 28.8 Å². The number of rotatable bonds is 4. The highest BCUT2D eigenvalue weighted by molar-refractivity contribution is 6.31. The van der Waals surface area contributed by atoms with Crippen LogP contribution in [0.3, 0.4) is 0 Å². The molecule has 2 amide bonds. The summed E-state index contributed by atoms with van der Waals surface area (Å²) >= 11 is 6.08. The molecular formula is C20H30ClN3O2. The van der Waals surface area contributed by atoms with Crippen molar-refractivity contribution in [2.24, 2.45) is 0 Å². The fourth-order valence-corrected chi connectivity index (χ4v) is 4.12. The lowest BCUT2D eigenvalue weighted by Gasteiger charge is -2.48. The SMILES string of the molecule is Cc1c(Cl)cccc1NC(=O)CC(=O)N(C)C1CC(C)(C)NC(C)(C)C1. The van der Waals surface area contributed by atoms with Crippen LogP contribution in [0.15, 0.2) is 18.2 Å². The fraction of sp³-hybridized carbons (Fsp3) is 0.600. The third-order valence-corrected chi connectivity index (χ3v) is 5.37. The quantitative estimate of drug-likeness (QED) is 0.783. The Kier molecular flexibility index (Phi) is 6.03. The molecule has 0 unspecified atom stereocenters. The van der Waals surface area contributed by atoms with E-state index in [-0.39, 0.29) is 35.4 Å². The summed E-state index contributed by atoms with van der Waals surface area (Å²) in [4.78, 5) is 26.7. The van der Waals surface area contributed by atoms with Crippen molar-refractivity contribution in [1.82, 2.24) is 10.2 Å². The van der Waals surface area contributed by atoms with E-state index in [9.17, 15) is 9.59 Å². The van der Waals surface area contributed by atoms with Gasteiger partial charge in [0.2, 0.25) is 11.8 Å². The Morgan fingerprint density at radius 1 is 1.23 bits per heavy atom. The number of hydrogen-bond donors (Lipinski definition) is 2. The van der Waals surface area contributed by atoms with E-state index in [1.165, 1.54) is 0 Å². The Hall–Kier alpha value is -1.59. The van der Waals surface area contributed by atoms with Gasteiger partial charge in [0, 0.05) is 34.9 Å². The van der Waals surface area contributed by atoms with Gasteiger partial charge in [-0.25, -0.2) is 0 Å². The lowest BCUT2D eigenvalue weighted by atomic mass is 9.79. The Balaban J connectivity index is 2.00. The summed E-state index contributed by atoms with van der Waals surface area (Å²) in [6.45, 7) is 10.4. The van der Waals surface area contributed by atoms with Crippen molar-refractivity contribution in [2.75, 3.05) is 12.4 Å². The molecule has 1 fully saturated rings. The van der Waals surface area contributed by atoms with Crippen LogP contribution in [0, 0.1) is 6.92 Å². The van der Waals surface area contributed by atoms with Crippen LogP contribution in [0.25, 0.3) is 0 Å². The standard InChI is InChI=1S/C20H30ClN3O2/c1-13-15(21)8-7-9-16(13)22-17(25)10-18(26)24(6)14-11-19(2,3)23-20(4,5)12-14/h7-9,14,23H,10-12H2,1-6H3,(H,22,25). The summed E-state index contributed by atoms with van der Waals surface area (Å²) in [7, 11) is 1.79. The number of carbonyl (C=O) groups is 2. The minimum Gasteiger partial charge on any atom is -0.342 e. The highest BCUT2D eigenvalue weighted by Gasteiger charge is 2.40. The minimum absolute atomic E-state index is 0.0544. The Labute approximate surface area is 161 Å². The van der Waals surface area contributed by atoms with Gasteiger partial charge in [-0.3, -0.25) is 9.59 Å². The summed E-state index contributed by atoms with van der Waals surface area (Å²) in [6, 6.07) is 5.43. The highest BCUT2D eigenvalue weighted by atomic mass is 35.5. The molecule has 1 saturated heterocycles. The summed E-state index contributed by atoms with van der Waals surface area (Å²) in [6.07, 6.45) is 1.54. The van der Waals surface area contributed by atoms with Crippen molar-refractivity contribution < 1.29 is 9.59 Å². The van der Waals surface area contributed by atoms with Gasteiger partial charge in [0.25, 0.3) is 0 Å². The number of anilines is 1. The number of carbonyl (C=O) groups excluding carboxylic acids is 2. The van der Waals surface area contributed by atoms with Gasteiger partial charge in [-0.2, -0.15) is 0 Å². The number of hydrogen-bond acceptors (Lipinski definition) is 3. The second-order valence-electron chi connectivity index (χ2n) is 8.60. The Morgan fingerprint density at radius 2 is 1.81 bits per heavy atom. The second kappa shape index (κ2) is 7.57. The molecule has 1 aromatic rings. The maximum absolute atomic E-state index is 12.6. The van der Waals surface area contributed by atoms with Gasteiger partial charge in [-0.1, -0.05) is 17.7 Å². The van der Waals surface area contributed by atoms with E-state index in [0.717, 1.165) is 18.4 Å². The molecule has 1 heterocycles. The van der Waals surface area contributed by atoms with Crippen LogP contribution in [-0.4, -0.2) is 40.9 Å². The third-order valence-electron chi connectivity index (χ3n) is 4.96. The largest absolute Gasteiger partial charge is 0.342 e. The van der Waals surface area contributed by atoms with Gasteiger partial charge in [0.15, 0.2) is 0 Å². The first-order valence-electron chi connectivity index (χ1n) is 9.00. The van der Waals surface area contributed by atoms with Crippen molar-refractivity contribution in [3.63, 3.8) is 0 Å². The highest BCUT2D eigenvalue weighted by Crippen LogP contribution is 2.31. The van der Waals surface area contributed by atoms with E-state index < -0.39 is 0 Å². The van der Waals surface area contributed by atoms with E-state index in [0.29, 0.717) is 10.7 Å². The molecule has 1 aromatic carbocycles. The zero-order valence-electron chi connectivity index (χ0n) is 16.6. The fourth-order valence-electron chi connectivity index (χ4n) is 3.95. The van der Waals surface area contributed by atoms with Gasteiger partial charge in [0.05, 0.1) is 0 Å². The molecule has 0 aliphatic carbocycles. The predicted octanol–water partition coefficient (Wildman–Crippen LogP) is 3.74. The number of nitrogens with one attached hydrogen (secondary N) is 2. The molecular weight excluding hydrogens is 350 g/mol. The average Bonchev–Trinajstić information content (AvgIpc) is 2.48. The molecule has 0 bridgehead atoms. The molecule has 0 spiro atoms. The number of benzene rings is 1. The molecule has 2 rings (SSSR count). The first-order valence-corrected chi connectivity index (χ1v) is 9.38. The topological polar surface area (TPSA) is 61.4 Å². The molecule has 6 heteroatoms. The van der Waals surface area contributed by atoms with Crippen LogP contribution in [0.2, 0.25) is 5.02 Å². The van der Waals surface area contributed by atoms with Crippen LogP contribution in [0.5, 0.6) is 0 Å². The first-order chi connectivity index (χ1) is 11.9. The van der Waals surface area contributed by atoms with Crippen molar-refractivity contribution >= 4 is 29.1 Å². The van der Waals surface area contributed by atoms with E-state index in [4.69, 9.17) is 11.6 Å². The van der Waals surface area contributed by atoms with Gasteiger partial charge in [0.1, 0.15) is 6.42 Å². The molecule has 0 atom stereocenters. The monoisotopic (exact) mass is 379 g/mol. The minimum atomic E-state index is -0.320. The second-order valence-corrected chi connectivity index (χ2v) is 9.00. The molecule has 1 aliphatic heterocycles. The summed E-state index contributed by atoms with van der Waals surface area (Å²) < 4.78 is 0. The summed E-state index contributed by atoms with van der Waals surface area (Å²) in [5, 5.41) is 6.99. The van der Waals surface area contributed by atoms with E-state index in [1.807, 2.05) is 6.92 Å². The van der Waals surface area contributed by atoms with Crippen LogP contribution in [0.1, 0.15) is 52.5 Å². The van der Waals surface area contributed by atoms with Crippen LogP contribution < -0.4 is 10.6 Å². The average molecular weight is 380 g/mol. The maximum atomic E-state index is 12.6. The molecule has 0 radical (unpaired) electrons. The van der Waals surface area contributed by atoms with Crippen molar-refractivity contribution in [3.8, 4) is 0 Å². The lowest BCUT2D eigenvalue weighted by Crippen LogP contribution is -2.62. The van der Waals surface area contributed by atoms with E-state index >= 15 is 0 Å². The first kappa shape index (κ1) is 20.7. The maximum Gasteiger partial charge on any atom is 0.233 e. The molecule has 0 aromatic heterocycles. The zero-order valence-corrected chi connectivity index (χ0v) is 17.3. The number of amides is 2. The van der Waals surface area contributed by atoms with E-state index in [2.05, 4.69) is 38.3 Å². The van der Waals surface area contributed by atoms with Crippen LogP contribution in [0.4, 0.5) is 5.69 Å². The molecule has 144 valence electrons. The predicted molar refractivity (Wildman–Crippen MR) is 107 cm³/mol. The zero-order chi connectivity index (χ0) is 19.7. The number of piperidine rings is 1. The number of nitrogens with zero attached hydrogens (tertiary/aromatic N) is 1. The normalized spacial score (nSPS) is 19.0. The molecule has 26 heavy (non-hydrogen) atoms. The van der Waals surface area contributed by atoms with Crippen LogP contribution in [-0.2, 0) is 9.59 Å². The smallest absolute Gasteiger partial charge is 0.233 e. The van der Waals surface area contributed by atoms with Gasteiger partial charge in [-0.05, 0) is 65.2 Å². The molecule has 2 N–H and O–H groups in total. The van der Waals surface area contributed by atoms with Crippen molar-refractivity contribution in [2.45, 2.75) is 71.0 Å². The van der Waals surface area contributed by atoms with E-state index in [1.54, 1.807) is 30.1 Å². The molecule has 5 nitrogen and oxygen atoms in total.